The molecule has 0 aliphatic heterocycles. The molecule has 2 amide bonds. The largest absolute Gasteiger partial charge is 0.396 e. The predicted octanol–water partition coefficient (Wildman–Crippen LogP) is 2.84. The number of aliphatic hydroxyl groups excluding tert-OH is 1. The first-order chi connectivity index (χ1) is 15.8. The van der Waals surface area contributed by atoms with E-state index in [0.717, 1.165) is 12.3 Å². The molecule has 2 rings (SSSR count). The van der Waals surface area contributed by atoms with Gasteiger partial charge in [0.2, 0.25) is 5.91 Å². The highest BCUT2D eigenvalue weighted by molar-refractivity contribution is 14.1. The van der Waals surface area contributed by atoms with Crippen molar-refractivity contribution in [1.82, 2.24) is 10.8 Å². The smallest absolute Gasteiger partial charge is 0.276 e. The van der Waals surface area contributed by atoms with Gasteiger partial charge in [-0.25, -0.2) is 14.3 Å². The van der Waals surface area contributed by atoms with Gasteiger partial charge in [0.25, 0.3) is 5.91 Å². The van der Waals surface area contributed by atoms with Crippen LogP contribution in [0.4, 0.5) is 20.2 Å². The number of benzene rings is 2. The van der Waals surface area contributed by atoms with Crippen LogP contribution in [0.1, 0.15) is 28.8 Å². The Labute approximate surface area is 202 Å². The number of hydrogen-bond acceptors (Lipinski definition) is 7. The van der Waals surface area contributed by atoms with Crippen molar-refractivity contribution < 1.29 is 33.2 Å². The minimum atomic E-state index is -0.752. The normalized spacial score (nSPS) is 10.8. The van der Waals surface area contributed by atoms with Crippen molar-refractivity contribution in [2.24, 2.45) is 5.16 Å². The van der Waals surface area contributed by atoms with E-state index in [1.807, 2.05) is 22.6 Å². The molecule has 0 radical (unpaired) electrons. The van der Waals surface area contributed by atoms with E-state index in [0.29, 0.717) is 9.99 Å². The highest BCUT2D eigenvalue weighted by Gasteiger charge is 2.17. The SMILES string of the molecule is CNC(=O)CCCO/N=C/c1cc(C(=O)NOCCO)c(Nc2ccc(I)cc2F)cc1F. The molecule has 9 nitrogen and oxygen atoms in total. The van der Waals surface area contributed by atoms with Crippen LogP contribution in [-0.2, 0) is 14.5 Å². The Bertz CT molecular complexity index is 1010. The number of hydroxylamine groups is 1. The van der Waals surface area contributed by atoms with Gasteiger partial charge in [0.1, 0.15) is 18.2 Å². The van der Waals surface area contributed by atoms with Crippen LogP contribution < -0.4 is 16.1 Å². The third-order valence-corrected chi connectivity index (χ3v) is 4.80. The third-order valence-electron chi connectivity index (χ3n) is 4.12. The van der Waals surface area contributed by atoms with E-state index in [9.17, 15) is 18.4 Å². The first-order valence-electron chi connectivity index (χ1n) is 9.80. The summed E-state index contributed by atoms with van der Waals surface area (Å²) in [6, 6.07) is 6.60. The zero-order valence-corrected chi connectivity index (χ0v) is 19.8. The molecule has 0 saturated carbocycles. The van der Waals surface area contributed by atoms with E-state index >= 15 is 0 Å². The van der Waals surface area contributed by atoms with Crippen LogP contribution in [-0.4, -0.2) is 50.0 Å². The van der Waals surface area contributed by atoms with Gasteiger partial charge in [-0.05, 0) is 59.3 Å². The number of amides is 2. The number of rotatable bonds is 12. The molecule has 2 aromatic rings. The van der Waals surface area contributed by atoms with Gasteiger partial charge < -0.3 is 20.6 Å². The topological polar surface area (TPSA) is 121 Å². The maximum absolute atomic E-state index is 14.7. The highest BCUT2D eigenvalue weighted by Crippen LogP contribution is 2.27. The van der Waals surface area contributed by atoms with Gasteiger partial charge in [0.05, 0.1) is 36.4 Å². The third kappa shape index (κ3) is 8.55. The van der Waals surface area contributed by atoms with Gasteiger partial charge in [-0.3, -0.25) is 14.4 Å². The van der Waals surface area contributed by atoms with Crippen molar-refractivity contribution in [2.75, 3.05) is 32.2 Å². The molecule has 4 N–H and O–H groups in total. The summed E-state index contributed by atoms with van der Waals surface area (Å²) in [6.45, 7) is -0.336. The molecule has 0 saturated heterocycles. The molecular weight excluding hydrogens is 553 g/mol. The number of nitrogens with zero attached hydrogens (tertiary/aromatic N) is 1. The lowest BCUT2D eigenvalue weighted by Gasteiger charge is -2.14. The van der Waals surface area contributed by atoms with Crippen LogP contribution in [0.5, 0.6) is 0 Å². The van der Waals surface area contributed by atoms with Crippen molar-refractivity contribution in [3.8, 4) is 0 Å². The molecule has 178 valence electrons. The van der Waals surface area contributed by atoms with Crippen LogP contribution in [0, 0.1) is 15.2 Å². The average molecular weight is 576 g/mol. The average Bonchev–Trinajstić information content (AvgIpc) is 2.78. The number of carbonyl (C=O) groups is 2. The van der Waals surface area contributed by atoms with Crippen LogP contribution in [0.15, 0.2) is 35.5 Å². The fourth-order valence-electron chi connectivity index (χ4n) is 2.50. The summed E-state index contributed by atoms with van der Waals surface area (Å²) in [5.74, 6) is -2.21. The van der Waals surface area contributed by atoms with Crippen molar-refractivity contribution in [3.05, 3.63) is 56.7 Å². The molecule has 0 heterocycles. The summed E-state index contributed by atoms with van der Waals surface area (Å²) in [5, 5.41) is 17.7. The molecule has 33 heavy (non-hydrogen) atoms. The van der Waals surface area contributed by atoms with Crippen LogP contribution in [0.2, 0.25) is 0 Å². The van der Waals surface area contributed by atoms with Crippen molar-refractivity contribution >= 4 is 52.0 Å². The molecular formula is C21H23F2IN4O5. The summed E-state index contributed by atoms with van der Waals surface area (Å²) in [5.41, 5.74) is 2.03. The molecule has 0 aliphatic rings. The fraction of sp³-hybridized carbons (Fsp3) is 0.286. The highest BCUT2D eigenvalue weighted by atomic mass is 127. The van der Waals surface area contributed by atoms with Crippen LogP contribution in [0.25, 0.3) is 0 Å². The predicted molar refractivity (Wildman–Crippen MR) is 126 cm³/mol. The van der Waals surface area contributed by atoms with E-state index in [-0.39, 0.29) is 54.7 Å². The lowest BCUT2D eigenvalue weighted by atomic mass is 10.1. The Balaban J connectivity index is 2.22. The molecule has 0 unspecified atom stereocenters. The first-order valence-corrected chi connectivity index (χ1v) is 10.9. The zero-order valence-electron chi connectivity index (χ0n) is 17.7. The second-order valence-electron chi connectivity index (χ2n) is 6.52. The number of oxime groups is 1. The number of hydrogen-bond donors (Lipinski definition) is 4. The molecule has 0 spiro atoms. The quantitative estimate of drug-likeness (QED) is 0.134. The van der Waals surface area contributed by atoms with E-state index in [1.165, 1.54) is 25.2 Å². The monoisotopic (exact) mass is 576 g/mol. The second kappa shape index (κ2) is 13.6. The lowest BCUT2D eigenvalue weighted by molar-refractivity contribution is -0.120. The Morgan fingerprint density at radius 2 is 1.94 bits per heavy atom. The van der Waals surface area contributed by atoms with Gasteiger partial charge >= 0.3 is 0 Å². The Hall–Kier alpha value is -2.84. The standard InChI is InChI=1S/C21H23F2IN4O5/c1-25-20(30)3-2-7-32-26-12-13-9-15(21(31)28-33-8-6-29)19(11-16(13)22)27-18-5-4-14(24)10-17(18)23/h4-5,9-12,27,29H,2-3,6-8H2,1H3,(H,25,30)(H,28,31)/b26-12+. The van der Waals surface area contributed by atoms with Crippen molar-refractivity contribution in [3.63, 3.8) is 0 Å². The molecule has 0 atom stereocenters. The summed E-state index contributed by atoms with van der Waals surface area (Å²) in [7, 11) is 1.53. The number of nitrogens with one attached hydrogen (secondary N) is 3. The molecule has 0 bridgehead atoms. The number of anilines is 2. The van der Waals surface area contributed by atoms with E-state index in [2.05, 4.69) is 21.3 Å². The fourth-order valence-corrected chi connectivity index (χ4v) is 2.96. The Morgan fingerprint density at radius 1 is 1.15 bits per heavy atom. The molecule has 0 aliphatic carbocycles. The number of carbonyl (C=O) groups excluding carboxylic acids is 2. The minimum absolute atomic E-state index is 0.0126. The van der Waals surface area contributed by atoms with E-state index in [4.69, 9.17) is 14.8 Å². The van der Waals surface area contributed by atoms with E-state index < -0.39 is 17.5 Å². The maximum Gasteiger partial charge on any atom is 0.276 e. The van der Waals surface area contributed by atoms with E-state index in [1.54, 1.807) is 6.07 Å². The zero-order chi connectivity index (χ0) is 24.2. The Kier molecular flexibility index (Phi) is 10.9. The van der Waals surface area contributed by atoms with Gasteiger partial charge in [-0.2, -0.15) is 0 Å². The molecule has 0 fully saturated rings. The van der Waals surface area contributed by atoms with Crippen LogP contribution in [0.3, 0.4) is 0 Å². The lowest BCUT2D eigenvalue weighted by Crippen LogP contribution is -2.26. The summed E-state index contributed by atoms with van der Waals surface area (Å²) < 4.78 is 29.6. The van der Waals surface area contributed by atoms with Crippen LogP contribution >= 0.6 is 22.6 Å². The molecule has 0 aromatic heterocycles. The summed E-state index contributed by atoms with van der Waals surface area (Å²) in [6.07, 6.45) is 1.75. The van der Waals surface area contributed by atoms with Gasteiger partial charge in [0.15, 0.2) is 0 Å². The second-order valence-corrected chi connectivity index (χ2v) is 7.76. The van der Waals surface area contributed by atoms with Gasteiger partial charge in [-0.1, -0.05) is 5.16 Å². The Morgan fingerprint density at radius 3 is 2.64 bits per heavy atom. The maximum atomic E-state index is 14.7. The summed E-state index contributed by atoms with van der Waals surface area (Å²) >= 11 is 1.95. The molecule has 12 heteroatoms. The van der Waals surface area contributed by atoms with Gasteiger partial charge in [0, 0.05) is 22.6 Å². The number of aliphatic hydroxyl groups is 1. The van der Waals surface area contributed by atoms with Crippen molar-refractivity contribution in [1.29, 1.82) is 0 Å². The van der Waals surface area contributed by atoms with Crippen molar-refractivity contribution in [2.45, 2.75) is 12.8 Å². The van der Waals surface area contributed by atoms with Gasteiger partial charge in [-0.15, -0.1) is 0 Å². The first kappa shape index (κ1) is 26.4. The molecule has 2 aromatic carbocycles. The number of halogens is 3. The minimum Gasteiger partial charge on any atom is -0.396 e. The summed E-state index contributed by atoms with van der Waals surface area (Å²) in [4.78, 5) is 33.6.